The molecule has 3 rings (SSSR count). The molecular weight excluding hydrogens is 421 g/mol. The van der Waals surface area contributed by atoms with Crippen LogP contribution in [0.2, 0.25) is 0 Å². The zero-order chi connectivity index (χ0) is 22.6. The van der Waals surface area contributed by atoms with Crippen LogP contribution in [0, 0.1) is 0 Å². The first kappa shape index (κ1) is 22.9. The highest BCUT2D eigenvalue weighted by atomic mass is 32.1. The number of carbonyl (C=O) groups is 1. The second-order valence-electron chi connectivity index (χ2n) is 7.83. The fourth-order valence-corrected chi connectivity index (χ4v) is 3.46. The van der Waals surface area contributed by atoms with Crippen molar-refractivity contribution in [3.63, 3.8) is 0 Å². The number of amides is 1. The number of nitrogens with zero attached hydrogens (tertiary/aromatic N) is 2. The van der Waals surface area contributed by atoms with Crippen LogP contribution in [0.5, 0.6) is 0 Å². The zero-order valence-corrected chi connectivity index (χ0v) is 18.3. The number of halogens is 1. The third kappa shape index (κ3) is 5.87. The average molecular weight is 448 g/mol. The predicted molar refractivity (Wildman–Crippen MR) is 121 cm³/mol. The maximum absolute atomic E-state index is 14.0. The molecule has 0 aliphatic carbocycles. The van der Waals surface area contributed by atoms with E-state index in [-0.39, 0.29) is 24.8 Å². The van der Waals surface area contributed by atoms with Crippen LogP contribution < -0.4 is 16.0 Å². The lowest BCUT2D eigenvalue weighted by atomic mass is 10.0. The monoisotopic (exact) mass is 447 g/mol. The normalized spacial score (nSPS) is 13.6. The van der Waals surface area contributed by atoms with Crippen molar-refractivity contribution in [2.45, 2.75) is 38.6 Å². The summed E-state index contributed by atoms with van der Waals surface area (Å²) in [5.41, 5.74) is 2.57. The second-order valence-corrected chi connectivity index (χ2v) is 8.72. The van der Waals surface area contributed by atoms with Crippen molar-refractivity contribution in [3.05, 3.63) is 41.5 Å². The number of nitrogens with one attached hydrogen (secondary N) is 3. The Morgan fingerprint density at radius 2 is 2.06 bits per heavy atom. The number of fused-ring (bicyclic) bond motifs is 1. The first-order chi connectivity index (χ1) is 14.7. The van der Waals surface area contributed by atoms with E-state index < -0.39 is 17.7 Å². The Kier molecular flexibility index (Phi) is 7.04. The van der Waals surface area contributed by atoms with E-state index in [1.807, 2.05) is 18.2 Å². The summed E-state index contributed by atoms with van der Waals surface area (Å²) in [7, 11) is 0. The Hall–Kier alpha value is -2.82. The van der Waals surface area contributed by atoms with Crippen LogP contribution in [0.15, 0.2) is 36.0 Å². The molecule has 0 aliphatic rings. The van der Waals surface area contributed by atoms with Crippen LogP contribution in [0.3, 0.4) is 0 Å². The SMILES string of the molecule is CC(CO)Nc1cc(Nc2ccc3ncsc3c2)ncc1C(=O)NCC(F)C(C)(C)O. The molecule has 0 bridgehead atoms. The Morgan fingerprint density at radius 1 is 1.29 bits per heavy atom. The minimum Gasteiger partial charge on any atom is -0.394 e. The molecule has 0 saturated heterocycles. The van der Waals surface area contributed by atoms with E-state index >= 15 is 0 Å². The maximum atomic E-state index is 14.0. The lowest BCUT2D eigenvalue weighted by Crippen LogP contribution is -2.42. The number of benzene rings is 1. The number of aromatic nitrogens is 2. The van der Waals surface area contributed by atoms with Gasteiger partial charge in [-0.05, 0) is 39.0 Å². The first-order valence-corrected chi connectivity index (χ1v) is 10.7. The number of carbonyl (C=O) groups excluding carboxylic acids is 1. The third-order valence-electron chi connectivity index (χ3n) is 4.64. The molecule has 1 amide bonds. The van der Waals surface area contributed by atoms with Gasteiger partial charge >= 0.3 is 0 Å². The molecule has 31 heavy (non-hydrogen) atoms. The number of aliphatic hydroxyl groups is 2. The van der Waals surface area contributed by atoms with Crippen molar-refractivity contribution in [2.75, 3.05) is 23.8 Å². The van der Waals surface area contributed by atoms with Crippen LogP contribution in [0.4, 0.5) is 21.6 Å². The third-order valence-corrected chi connectivity index (χ3v) is 5.43. The molecule has 2 heterocycles. The number of aliphatic hydroxyl groups excluding tert-OH is 1. The molecule has 166 valence electrons. The van der Waals surface area contributed by atoms with E-state index in [4.69, 9.17) is 0 Å². The van der Waals surface area contributed by atoms with Crippen LogP contribution >= 0.6 is 11.3 Å². The first-order valence-electron chi connectivity index (χ1n) is 9.79. The average Bonchev–Trinajstić information content (AvgIpc) is 3.19. The van der Waals surface area contributed by atoms with Gasteiger partial charge in [0.1, 0.15) is 12.0 Å². The number of hydrogen-bond acceptors (Lipinski definition) is 8. The van der Waals surface area contributed by atoms with Crippen molar-refractivity contribution < 1.29 is 19.4 Å². The minimum absolute atomic E-state index is 0.139. The van der Waals surface area contributed by atoms with Crippen molar-refractivity contribution >= 4 is 44.7 Å². The predicted octanol–water partition coefficient (Wildman–Crippen LogP) is 3.07. The number of anilines is 3. The van der Waals surface area contributed by atoms with E-state index in [1.54, 1.807) is 18.5 Å². The van der Waals surface area contributed by atoms with Gasteiger partial charge in [-0.1, -0.05) is 0 Å². The highest BCUT2D eigenvalue weighted by molar-refractivity contribution is 7.16. The molecule has 0 radical (unpaired) electrons. The van der Waals surface area contributed by atoms with E-state index in [2.05, 4.69) is 25.9 Å². The summed E-state index contributed by atoms with van der Waals surface area (Å²) in [6.45, 7) is 3.96. The Morgan fingerprint density at radius 3 is 2.77 bits per heavy atom. The summed E-state index contributed by atoms with van der Waals surface area (Å²) in [5, 5.41) is 27.9. The van der Waals surface area contributed by atoms with Crippen molar-refractivity contribution in [3.8, 4) is 0 Å². The van der Waals surface area contributed by atoms with Gasteiger partial charge < -0.3 is 26.2 Å². The van der Waals surface area contributed by atoms with E-state index in [0.717, 1.165) is 15.9 Å². The summed E-state index contributed by atoms with van der Waals surface area (Å²) in [5.74, 6) is -0.0439. The number of rotatable bonds is 9. The topological polar surface area (TPSA) is 119 Å². The molecule has 3 aromatic rings. The molecule has 2 atom stereocenters. The Balaban J connectivity index is 1.81. The highest BCUT2D eigenvalue weighted by Gasteiger charge is 2.27. The molecule has 0 fully saturated rings. The van der Waals surface area contributed by atoms with Crippen LogP contribution in [0.1, 0.15) is 31.1 Å². The number of hydrogen-bond donors (Lipinski definition) is 5. The van der Waals surface area contributed by atoms with E-state index in [9.17, 15) is 19.4 Å². The maximum Gasteiger partial charge on any atom is 0.255 e. The highest BCUT2D eigenvalue weighted by Crippen LogP contribution is 2.26. The van der Waals surface area contributed by atoms with Crippen molar-refractivity contribution in [1.29, 1.82) is 0 Å². The van der Waals surface area contributed by atoms with Gasteiger partial charge in [-0.3, -0.25) is 4.79 Å². The van der Waals surface area contributed by atoms with Gasteiger partial charge in [0.25, 0.3) is 5.91 Å². The molecular formula is C21H26FN5O3S. The fourth-order valence-electron chi connectivity index (χ4n) is 2.74. The molecule has 8 nitrogen and oxygen atoms in total. The smallest absolute Gasteiger partial charge is 0.255 e. The fraction of sp³-hybridized carbons (Fsp3) is 0.381. The van der Waals surface area contributed by atoms with Crippen LogP contribution in [0.25, 0.3) is 10.2 Å². The molecule has 0 spiro atoms. The minimum atomic E-state index is -1.63. The molecule has 1 aromatic carbocycles. The summed E-state index contributed by atoms with van der Waals surface area (Å²) in [4.78, 5) is 21.2. The van der Waals surface area contributed by atoms with Crippen molar-refractivity contribution in [1.82, 2.24) is 15.3 Å². The van der Waals surface area contributed by atoms with Gasteiger partial charge in [-0.2, -0.15) is 0 Å². The summed E-state index contributed by atoms with van der Waals surface area (Å²) in [6, 6.07) is 7.07. The number of alkyl halides is 1. The zero-order valence-electron chi connectivity index (χ0n) is 17.5. The lowest BCUT2D eigenvalue weighted by Gasteiger charge is -2.23. The van der Waals surface area contributed by atoms with Crippen molar-refractivity contribution in [2.24, 2.45) is 0 Å². The summed E-state index contributed by atoms with van der Waals surface area (Å²) >= 11 is 1.53. The Labute approximate surface area is 183 Å². The quantitative estimate of drug-likeness (QED) is 0.342. The standard InChI is InChI=1S/C21H26FN5O3S/c1-12(10-28)26-16-7-19(27-13-4-5-15-17(6-13)31-11-25-15)23-8-14(16)20(29)24-9-18(22)21(2,3)30/h4-8,11-12,18,28,30H,9-10H2,1-3H3,(H,24,29)(H2,23,26,27). The van der Waals surface area contributed by atoms with Gasteiger partial charge in [0.2, 0.25) is 0 Å². The number of pyridine rings is 1. The Bertz CT molecular complexity index is 1050. The molecule has 10 heteroatoms. The van der Waals surface area contributed by atoms with E-state index in [0.29, 0.717) is 11.5 Å². The molecule has 0 saturated carbocycles. The van der Waals surface area contributed by atoms with E-state index in [1.165, 1.54) is 31.4 Å². The van der Waals surface area contributed by atoms with Crippen LogP contribution in [-0.2, 0) is 0 Å². The summed E-state index contributed by atoms with van der Waals surface area (Å²) < 4.78 is 15.0. The van der Waals surface area contributed by atoms with Gasteiger partial charge in [0.05, 0.1) is 45.7 Å². The lowest BCUT2D eigenvalue weighted by molar-refractivity contribution is -0.00177. The second kappa shape index (κ2) is 9.54. The molecule has 0 aliphatic heterocycles. The molecule has 2 aromatic heterocycles. The molecule has 5 N–H and O–H groups in total. The number of thiazole rings is 1. The molecule has 2 unspecified atom stereocenters. The van der Waals surface area contributed by atoms with Crippen LogP contribution in [-0.4, -0.2) is 57.1 Å². The largest absolute Gasteiger partial charge is 0.394 e. The van der Waals surface area contributed by atoms with Gasteiger partial charge in [-0.15, -0.1) is 11.3 Å². The summed E-state index contributed by atoms with van der Waals surface area (Å²) in [6.07, 6.45) is -0.244. The van der Waals surface area contributed by atoms with Gasteiger partial charge in [0.15, 0.2) is 0 Å². The van der Waals surface area contributed by atoms with Gasteiger partial charge in [-0.25, -0.2) is 14.4 Å². The van der Waals surface area contributed by atoms with Gasteiger partial charge in [0, 0.05) is 24.0 Å².